The van der Waals surface area contributed by atoms with Crippen molar-refractivity contribution in [1.29, 1.82) is 0 Å². The number of hydrogen-bond donors (Lipinski definition) is 1. The lowest BCUT2D eigenvalue weighted by Gasteiger charge is -2.16. The minimum atomic E-state index is -0.120. The molecule has 1 N–H and O–H groups in total. The lowest BCUT2D eigenvalue weighted by Crippen LogP contribution is -2.24. The molecule has 0 unspecified atom stereocenters. The molecular weight excluding hydrogens is 226 g/mol. The Kier molecular flexibility index (Phi) is 2.59. The van der Waals surface area contributed by atoms with Gasteiger partial charge in [0.25, 0.3) is 0 Å². The summed E-state index contributed by atoms with van der Waals surface area (Å²) in [5.74, 6) is 1.90. The maximum absolute atomic E-state index is 6.01. The molecule has 2 aromatic rings. The summed E-state index contributed by atoms with van der Waals surface area (Å²) >= 11 is 0. The highest BCUT2D eigenvalue weighted by Gasteiger charge is 2.32. The summed E-state index contributed by atoms with van der Waals surface area (Å²) in [6.45, 7) is 8.02. The fraction of sp³-hybridized carbons (Fsp3) is 0.467. The molecule has 0 radical (unpaired) electrons. The van der Waals surface area contributed by atoms with Crippen LogP contribution in [0.1, 0.15) is 32.1 Å². The van der Waals surface area contributed by atoms with Gasteiger partial charge in [-0.3, -0.25) is 0 Å². The van der Waals surface area contributed by atoms with E-state index in [-0.39, 0.29) is 5.60 Å². The van der Waals surface area contributed by atoms with Crippen LogP contribution in [0.2, 0.25) is 0 Å². The van der Waals surface area contributed by atoms with Crippen LogP contribution in [0.3, 0.4) is 0 Å². The number of furan rings is 1. The zero-order chi connectivity index (χ0) is 12.8. The molecule has 0 aliphatic carbocycles. The quantitative estimate of drug-likeness (QED) is 0.901. The van der Waals surface area contributed by atoms with Crippen LogP contribution in [0.25, 0.3) is 11.0 Å². The van der Waals surface area contributed by atoms with Crippen molar-refractivity contribution in [2.24, 2.45) is 0 Å². The Hall–Kier alpha value is -1.48. The third kappa shape index (κ3) is 1.89. The van der Waals surface area contributed by atoms with E-state index in [1.165, 1.54) is 5.56 Å². The zero-order valence-electron chi connectivity index (χ0n) is 11.2. The second kappa shape index (κ2) is 4.02. The minimum absolute atomic E-state index is 0.120. The number of rotatable bonds is 3. The van der Waals surface area contributed by atoms with Crippen molar-refractivity contribution in [2.45, 2.75) is 39.3 Å². The normalized spacial score (nSPS) is 16.8. The predicted octanol–water partition coefficient (Wildman–Crippen LogP) is 3.26. The topological polar surface area (TPSA) is 34.4 Å². The molecule has 3 nitrogen and oxygen atoms in total. The molecule has 0 amide bonds. The fourth-order valence-corrected chi connectivity index (χ4v) is 2.53. The first-order valence-corrected chi connectivity index (χ1v) is 6.53. The summed E-state index contributed by atoms with van der Waals surface area (Å²) in [7, 11) is 0. The predicted molar refractivity (Wildman–Crippen MR) is 72.0 cm³/mol. The van der Waals surface area contributed by atoms with E-state index in [9.17, 15) is 0 Å². The van der Waals surface area contributed by atoms with Crippen molar-refractivity contribution in [3.63, 3.8) is 0 Å². The SMILES string of the molecule is CCNCc1cc2ccc3c(c2o1)OC(C)(C)C3. The number of ether oxygens (including phenoxy) is 1. The second-order valence-corrected chi connectivity index (χ2v) is 5.50. The second-order valence-electron chi connectivity index (χ2n) is 5.50. The van der Waals surface area contributed by atoms with Crippen LogP contribution >= 0.6 is 0 Å². The van der Waals surface area contributed by atoms with Gasteiger partial charge in [-0.2, -0.15) is 0 Å². The molecule has 1 aromatic heterocycles. The molecule has 2 heterocycles. The van der Waals surface area contributed by atoms with Crippen molar-refractivity contribution >= 4 is 11.0 Å². The van der Waals surface area contributed by atoms with E-state index in [1.807, 2.05) is 0 Å². The molecule has 0 bridgehead atoms. The Morgan fingerprint density at radius 2 is 2.17 bits per heavy atom. The van der Waals surface area contributed by atoms with Gasteiger partial charge in [0.15, 0.2) is 11.3 Å². The lowest BCUT2D eigenvalue weighted by atomic mass is 10.0. The smallest absolute Gasteiger partial charge is 0.176 e. The number of hydrogen-bond acceptors (Lipinski definition) is 3. The highest BCUT2D eigenvalue weighted by atomic mass is 16.5. The van der Waals surface area contributed by atoms with E-state index in [1.54, 1.807) is 0 Å². The lowest BCUT2D eigenvalue weighted by molar-refractivity contribution is 0.138. The van der Waals surface area contributed by atoms with Crippen molar-refractivity contribution in [3.05, 3.63) is 29.5 Å². The maximum atomic E-state index is 6.01. The Balaban J connectivity index is 2.03. The number of fused-ring (bicyclic) bond motifs is 3. The van der Waals surface area contributed by atoms with Crippen LogP contribution in [-0.4, -0.2) is 12.1 Å². The summed E-state index contributed by atoms with van der Waals surface area (Å²) in [4.78, 5) is 0. The molecule has 0 saturated carbocycles. The summed E-state index contributed by atoms with van der Waals surface area (Å²) < 4.78 is 11.9. The van der Waals surface area contributed by atoms with Gasteiger partial charge in [-0.1, -0.05) is 19.1 Å². The molecule has 0 fully saturated rings. The van der Waals surface area contributed by atoms with E-state index in [0.717, 1.165) is 42.0 Å². The highest BCUT2D eigenvalue weighted by molar-refractivity contribution is 5.85. The summed E-state index contributed by atoms with van der Waals surface area (Å²) in [6.07, 6.45) is 0.946. The summed E-state index contributed by atoms with van der Waals surface area (Å²) in [5, 5.41) is 4.40. The molecule has 3 rings (SSSR count). The van der Waals surface area contributed by atoms with Crippen molar-refractivity contribution < 1.29 is 9.15 Å². The molecule has 1 aliphatic heterocycles. The molecule has 18 heavy (non-hydrogen) atoms. The van der Waals surface area contributed by atoms with E-state index in [4.69, 9.17) is 9.15 Å². The van der Waals surface area contributed by atoms with Gasteiger partial charge in [-0.05, 0) is 26.5 Å². The summed E-state index contributed by atoms with van der Waals surface area (Å²) in [6, 6.07) is 6.36. The van der Waals surface area contributed by atoms with Gasteiger partial charge >= 0.3 is 0 Å². The first-order valence-electron chi connectivity index (χ1n) is 6.53. The average Bonchev–Trinajstić information content (AvgIpc) is 2.84. The standard InChI is InChI=1S/C15H19NO2/c1-4-16-9-12-7-10-5-6-11-8-15(2,3)18-14(11)13(10)17-12/h5-7,16H,4,8-9H2,1-3H3. The fourth-order valence-electron chi connectivity index (χ4n) is 2.53. The number of benzene rings is 1. The minimum Gasteiger partial charge on any atom is -0.483 e. The van der Waals surface area contributed by atoms with Crippen LogP contribution in [0.5, 0.6) is 5.75 Å². The van der Waals surface area contributed by atoms with Gasteiger partial charge in [0, 0.05) is 17.4 Å². The van der Waals surface area contributed by atoms with E-state index in [0.29, 0.717) is 0 Å². The Morgan fingerprint density at radius 1 is 1.33 bits per heavy atom. The van der Waals surface area contributed by atoms with Crippen molar-refractivity contribution in [2.75, 3.05) is 6.54 Å². The Bertz CT molecular complexity index is 583. The Labute approximate surface area is 107 Å². The highest BCUT2D eigenvalue weighted by Crippen LogP contribution is 2.41. The van der Waals surface area contributed by atoms with Gasteiger partial charge in [0.1, 0.15) is 11.4 Å². The molecular formula is C15H19NO2. The maximum Gasteiger partial charge on any atom is 0.176 e. The van der Waals surface area contributed by atoms with Crippen molar-refractivity contribution in [3.8, 4) is 5.75 Å². The molecule has 0 atom stereocenters. The molecule has 1 aliphatic rings. The van der Waals surface area contributed by atoms with Crippen LogP contribution in [0.15, 0.2) is 22.6 Å². The van der Waals surface area contributed by atoms with Gasteiger partial charge in [0.05, 0.1) is 6.54 Å². The largest absolute Gasteiger partial charge is 0.483 e. The Morgan fingerprint density at radius 3 is 2.94 bits per heavy atom. The van der Waals surface area contributed by atoms with Gasteiger partial charge in [-0.15, -0.1) is 0 Å². The number of nitrogens with one attached hydrogen (secondary N) is 1. The van der Waals surface area contributed by atoms with Crippen LogP contribution in [0.4, 0.5) is 0 Å². The molecule has 0 spiro atoms. The van der Waals surface area contributed by atoms with E-state index < -0.39 is 0 Å². The molecule has 1 aromatic carbocycles. The van der Waals surface area contributed by atoms with Crippen LogP contribution < -0.4 is 10.1 Å². The third-order valence-electron chi connectivity index (χ3n) is 3.32. The van der Waals surface area contributed by atoms with Gasteiger partial charge < -0.3 is 14.5 Å². The van der Waals surface area contributed by atoms with Gasteiger partial charge in [0.2, 0.25) is 0 Å². The van der Waals surface area contributed by atoms with Crippen LogP contribution in [-0.2, 0) is 13.0 Å². The van der Waals surface area contributed by atoms with Crippen molar-refractivity contribution in [1.82, 2.24) is 5.32 Å². The van der Waals surface area contributed by atoms with Crippen LogP contribution in [0, 0.1) is 0 Å². The third-order valence-corrected chi connectivity index (χ3v) is 3.32. The first-order chi connectivity index (χ1) is 8.59. The van der Waals surface area contributed by atoms with E-state index >= 15 is 0 Å². The molecule has 3 heteroatoms. The molecule has 96 valence electrons. The van der Waals surface area contributed by atoms with Gasteiger partial charge in [-0.25, -0.2) is 0 Å². The molecule has 0 saturated heterocycles. The summed E-state index contributed by atoms with van der Waals surface area (Å²) in [5.41, 5.74) is 2.02. The zero-order valence-corrected chi connectivity index (χ0v) is 11.2. The average molecular weight is 245 g/mol. The monoisotopic (exact) mass is 245 g/mol. The van der Waals surface area contributed by atoms with E-state index in [2.05, 4.69) is 44.3 Å². The first kappa shape index (κ1) is 11.6.